The van der Waals surface area contributed by atoms with Gasteiger partial charge in [-0.15, -0.1) is 0 Å². The molecule has 0 aliphatic rings. The van der Waals surface area contributed by atoms with Crippen LogP contribution in [-0.4, -0.2) is 26.0 Å². The van der Waals surface area contributed by atoms with Gasteiger partial charge in [-0.1, -0.05) is 35.0 Å². The van der Waals surface area contributed by atoms with E-state index < -0.39 is 14.6 Å². The van der Waals surface area contributed by atoms with E-state index in [1.807, 2.05) is 24.3 Å². The van der Waals surface area contributed by atoms with E-state index >= 15 is 0 Å². The van der Waals surface area contributed by atoms with Crippen molar-refractivity contribution >= 4 is 25.8 Å². The Labute approximate surface area is 124 Å². The van der Waals surface area contributed by atoms with Crippen molar-refractivity contribution < 1.29 is 8.42 Å². The zero-order valence-electron chi connectivity index (χ0n) is 11.9. The van der Waals surface area contributed by atoms with Crippen molar-refractivity contribution in [3.63, 3.8) is 0 Å². The molecule has 0 fully saturated rings. The van der Waals surface area contributed by atoms with Crippen molar-refractivity contribution in [2.24, 2.45) is 0 Å². The molecule has 0 spiro atoms. The predicted molar refractivity (Wildman–Crippen MR) is 84.1 cm³/mol. The number of hydrogen-bond acceptors (Lipinski definition) is 3. The number of halogens is 1. The van der Waals surface area contributed by atoms with Gasteiger partial charge in [0.1, 0.15) is 0 Å². The molecule has 0 saturated carbocycles. The molecule has 1 aromatic rings. The Bertz CT molecular complexity index is 509. The van der Waals surface area contributed by atoms with E-state index in [-0.39, 0.29) is 6.04 Å². The zero-order chi connectivity index (χ0) is 14.7. The first-order valence-corrected chi connectivity index (χ1v) is 9.07. The first kappa shape index (κ1) is 16.7. The Morgan fingerprint density at radius 1 is 1.26 bits per heavy atom. The molecule has 0 radical (unpaired) electrons. The summed E-state index contributed by atoms with van der Waals surface area (Å²) in [5.41, 5.74) is 0.993. The maximum atomic E-state index is 12.0. The standard InChI is InChI=1S/C14H22BrNO2S/c1-5-10-16-13(14(2,3)19(4,17)18)11-6-8-12(15)9-7-11/h6-9,13,16H,5,10H2,1-4H3. The highest BCUT2D eigenvalue weighted by Crippen LogP contribution is 2.32. The second kappa shape index (κ2) is 6.37. The third kappa shape index (κ3) is 4.04. The molecule has 1 unspecified atom stereocenters. The minimum Gasteiger partial charge on any atom is -0.309 e. The minimum atomic E-state index is -3.16. The van der Waals surface area contributed by atoms with Crippen LogP contribution in [0.1, 0.15) is 38.8 Å². The van der Waals surface area contributed by atoms with E-state index in [2.05, 4.69) is 28.2 Å². The highest BCUT2D eigenvalue weighted by molar-refractivity contribution is 9.10. The van der Waals surface area contributed by atoms with Gasteiger partial charge in [0.15, 0.2) is 9.84 Å². The molecule has 0 aliphatic carbocycles. The second-order valence-corrected chi connectivity index (χ2v) is 8.83. The molecule has 1 rings (SSSR count). The first-order valence-electron chi connectivity index (χ1n) is 6.38. The SMILES string of the molecule is CCCNC(c1ccc(Br)cc1)C(C)(C)S(C)(=O)=O. The summed E-state index contributed by atoms with van der Waals surface area (Å²) in [6, 6.07) is 7.59. The van der Waals surface area contributed by atoms with Crippen LogP contribution >= 0.6 is 15.9 Å². The Morgan fingerprint density at radius 2 is 1.79 bits per heavy atom. The smallest absolute Gasteiger partial charge is 0.154 e. The van der Waals surface area contributed by atoms with Crippen molar-refractivity contribution in [1.29, 1.82) is 0 Å². The van der Waals surface area contributed by atoms with Gasteiger partial charge in [-0.2, -0.15) is 0 Å². The summed E-state index contributed by atoms with van der Waals surface area (Å²) in [6.07, 6.45) is 2.26. The van der Waals surface area contributed by atoms with Gasteiger partial charge < -0.3 is 5.32 Å². The fourth-order valence-corrected chi connectivity index (χ4v) is 2.83. The van der Waals surface area contributed by atoms with E-state index in [1.54, 1.807) is 13.8 Å². The molecule has 0 amide bonds. The molecule has 1 aromatic carbocycles. The lowest BCUT2D eigenvalue weighted by Crippen LogP contribution is -2.45. The Morgan fingerprint density at radius 3 is 2.21 bits per heavy atom. The van der Waals surface area contributed by atoms with Crippen LogP contribution in [0.3, 0.4) is 0 Å². The van der Waals surface area contributed by atoms with Crippen LogP contribution in [0.5, 0.6) is 0 Å². The number of hydrogen-bond donors (Lipinski definition) is 1. The minimum absolute atomic E-state index is 0.212. The molecule has 0 aliphatic heterocycles. The summed E-state index contributed by atoms with van der Waals surface area (Å²) >= 11 is 3.40. The number of benzene rings is 1. The van der Waals surface area contributed by atoms with Crippen LogP contribution in [-0.2, 0) is 9.84 Å². The molecule has 108 valence electrons. The van der Waals surface area contributed by atoms with Crippen molar-refractivity contribution in [3.8, 4) is 0 Å². The summed E-state index contributed by atoms with van der Waals surface area (Å²) in [5, 5.41) is 3.36. The van der Waals surface area contributed by atoms with Crippen LogP contribution in [0, 0.1) is 0 Å². The maximum Gasteiger partial charge on any atom is 0.154 e. The third-order valence-corrected chi connectivity index (χ3v) is 6.13. The Kier molecular flexibility index (Phi) is 5.59. The summed E-state index contributed by atoms with van der Waals surface area (Å²) in [4.78, 5) is 0. The molecule has 1 atom stereocenters. The topological polar surface area (TPSA) is 46.2 Å². The van der Waals surface area contributed by atoms with E-state index in [0.29, 0.717) is 0 Å². The van der Waals surface area contributed by atoms with Crippen molar-refractivity contribution in [2.45, 2.75) is 38.0 Å². The number of nitrogens with one attached hydrogen (secondary N) is 1. The highest BCUT2D eigenvalue weighted by atomic mass is 79.9. The van der Waals surface area contributed by atoms with Crippen LogP contribution in [0.15, 0.2) is 28.7 Å². The Balaban J connectivity index is 3.18. The zero-order valence-corrected chi connectivity index (χ0v) is 14.3. The van der Waals surface area contributed by atoms with Gasteiger partial charge in [0.25, 0.3) is 0 Å². The quantitative estimate of drug-likeness (QED) is 0.858. The summed E-state index contributed by atoms with van der Waals surface area (Å²) in [7, 11) is -3.16. The van der Waals surface area contributed by atoms with Crippen LogP contribution in [0.4, 0.5) is 0 Å². The lowest BCUT2D eigenvalue weighted by Gasteiger charge is -2.34. The molecule has 0 aromatic heterocycles. The van der Waals surface area contributed by atoms with Crippen molar-refractivity contribution in [1.82, 2.24) is 5.32 Å². The number of rotatable bonds is 6. The Hall–Kier alpha value is -0.390. The molecule has 5 heteroatoms. The summed E-state index contributed by atoms with van der Waals surface area (Å²) in [5.74, 6) is 0. The molecule has 0 bridgehead atoms. The highest BCUT2D eigenvalue weighted by Gasteiger charge is 2.39. The lowest BCUT2D eigenvalue weighted by atomic mass is 9.95. The lowest BCUT2D eigenvalue weighted by molar-refractivity contribution is 0.420. The van der Waals surface area contributed by atoms with Gasteiger partial charge in [-0.05, 0) is 44.5 Å². The molecule has 3 nitrogen and oxygen atoms in total. The molecule has 0 saturated heterocycles. The largest absolute Gasteiger partial charge is 0.309 e. The monoisotopic (exact) mass is 347 g/mol. The van der Waals surface area contributed by atoms with Crippen molar-refractivity contribution in [3.05, 3.63) is 34.3 Å². The van der Waals surface area contributed by atoms with Gasteiger partial charge in [0, 0.05) is 10.7 Å². The van der Waals surface area contributed by atoms with Crippen LogP contribution < -0.4 is 5.32 Å². The molecule has 0 heterocycles. The van der Waals surface area contributed by atoms with E-state index in [1.165, 1.54) is 6.26 Å². The van der Waals surface area contributed by atoms with E-state index in [4.69, 9.17) is 0 Å². The van der Waals surface area contributed by atoms with Gasteiger partial charge in [0.05, 0.1) is 10.8 Å². The summed E-state index contributed by atoms with van der Waals surface area (Å²) < 4.78 is 24.2. The average Bonchev–Trinajstić information content (AvgIpc) is 2.30. The predicted octanol–water partition coefficient (Wildman–Crippen LogP) is 3.31. The van der Waals surface area contributed by atoms with Gasteiger partial charge in [0.2, 0.25) is 0 Å². The van der Waals surface area contributed by atoms with Crippen LogP contribution in [0.2, 0.25) is 0 Å². The van der Waals surface area contributed by atoms with Gasteiger partial charge in [-0.3, -0.25) is 0 Å². The normalized spacial score (nSPS) is 14.4. The van der Waals surface area contributed by atoms with E-state index in [0.717, 1.165) is 23.0 Å². The van der Waals surface area contributed by atoms with Gasteiger partial charge in [-0.25, -0.2) is 8.42 Å². The third-order valence-electron chi connectivity index (χ3n) is 3.45. The van der Waals surface area contributed by atoms with Gasteiger partial charge >= 0.3 is 0 Å². The molecule has 19 heavy (non-hydrogen) atoms. The van der Waals surface area contributed by atoms with Crippen molar-refractivity contribution in [2.75, 3.05) is 12.8 Å². The second-order valence-electron chi connectivity index (χ2n) is 5.31. The van der Waals surface area contributed by atoms with Crippen LogP contribution in [0.25, 0.3) is 0 Å². The fourth-order valence-electron chi connectivity index (χ4n) is 1.92. The number of sulfone groups is 1. The molecular formula is C14H22BrNO2S. The molecular weight excluding hydrogens is 326 g/mol. The summed E-state index contributed by atoms with van der Waals surface area (Å²) in [6.45, 7) is 6.41. The molecule has 1 N–H and O–H groups in total. The maximum absolute atomic E-state index is 12.0. The van der Waals surface area contributed by atoms with E-state index in [9.17, 15) is 8.42 Å². The first-order chi connectivity index (χ1) is 8.70. The fraction of sp³-hybridized carbons (Fsp3) is 0.571. The average molecular weight is 348 g/mol.